The van der Waals surface area contributed by atoms with Crippen molar-refractivity contribution in [2.24, 2.45) is 5.73 Å². The molecule has 0 heterocycles. The predicted octanol–water partition coefficient (Wildman–Crippen LogP) is 5.80. The van der Waals surface area contributed by atoms with Gasteiger partial charge < -0.3 is 75.5 Å². The summed E-state index contributed by atoms with van der Waals surface area (Å²) in [4.78, 5) is 102. The van der Waals surface area contributed by atoms with Gasteiger partial charge in [0.2, 0.25) is 5.91 Å². The maximum Gasteiger partial charge on any atom is 0.408 e. The molecule has 0 aliphatic rings. The number of hydrogen-bond donors (Lipinski definition) is 8. The lowest BCUT2D eigenvalue weighted by molar-refractivity contribution is -0.141. The summed E-state index contributed by atoms with van der Waals surface area (Å²) in [5.41, 5.74) is 7.04. The van der Waals surface area contributed by atoms with Crippen LogP contribution in [0.25, 0.3) is 0 Å². The van der Waals surface area contributed by atoms with Crippen LogP contribution in [0.3, 0.4) is 0 Å². The van der Waals surface area contributed by atoms with Crippen molar-refractivity contribution in [1.82, 2.24) is 21.3 Å². The quantitative estimate of drug-likeness (QED) is 0.0418. The number of carboxylic acids is 2. The summed E-state index contributed by atoms with van der Waals surface area (Å²) in [5, 5.41) is 35.2. The summed E-state index contributed by atoms with van der Waals surface area (Å²) in [6, 6.07) is 25.3. The second kappa shape index (κ2) is 43.3. The molecule has 0 saturated carbocycles. The number of aliphatic carboxylic acids is 2. The molecular formula is C60H93N5O19. The van der Waals surface area contributed by atoms with Crippen molar-refractivity contribution in [2.75, 3.05) is 61.5 Å². The fourth-order valence-corrected chi connectivity index (χ4v) is 6.43. The van der Waals surface area contributed by atoms with Crippen molar-refractivity contribution in [2.45, 2.75) is 155 Å². The van der Waals surface area contributed by atoms with Gasteiger partial charge in [0.15, 0.2) is 29.4 Å². The number of aryl methyl sites for hydroxylation is 3. The minimum Gasteiger partial charge on any atom is -0.480 e. The van der Waals surface area contributed by atoms with Crippen LogP contribution in [0, 0.1) is 0 Å². The minimum absolute atomic E-state index is 0.00379. The van der Waals surface area contributed by atoms with Gasteiger partial charge in [-0.15, -0.1) is 0 Å². The van der Waals surface area contributed by atoms with E-state index in [1.54, 1.807) is 69.4 Å². The molecule has 5 atom stereocenters. The molecule has 0 unspecified atom stereocenters. The molecule has 0 aromatic heterocycles. The van der Waals surface area contributed by atoms with Crippen LogP contribution in [0.15, 0.2) is 91.0 Å². The van der Waals surface area contributed by atoms with E-state index >= 15 is 0 Å². The maximum absolute atomic E-state index is 12.3. The number of amides is 4. The topological polar surface area (TPSA) is 353 Å². The number of methoxy groups -OCH3 is 4. The molecule has 0 spiro atoms. The van der Waals surface area contributed by atoms with Gasteiger partial charge in [0.1, 0.15) is 28.9 Å². The molecule has 0 bridgehead atoms. The zero-order valence-corrected chi connectivity index (χ0v) is 51.3. The molecule has 0 aliphatic carbocycles. The minimum atomic E-state index is -1.33. The summed E-state index contributed by atoms with van der Waals surface area (Å²) in [6.45, 7) is 16.6. The first-order valence-electron chi connectivity index (χ1n) is 26.9. The molecule has 472 valence electrons. The molecule has 3 aromatic carbocycles. The van der Waals surface area contributed by atoms with Crippen molar-refractivity contribution in [1.29, 1.82) is 0 Å². The van der Waals surface area contributed by atoms with Crippen LogP contribution in [0.5, 0.6) is 0 Å². The Balaban J connectivity index is 0. The molecule has 0 fully saturated rings. The van der Waals surface area contributed by atoms with Crippen molar-refractivity contribution in [3.8, 4) is 0 Å². The first-order chi connectivity index (χ1) is 39.2. The Morgan fingerprint density at radius 1 is 0.429 bits per heavy atom. The van der Waals surface area contributed by atoms with Gasteiger partial charge in [0, 0.05) is 54.6 Å². The molecule has 3 aromatic rings. The van der Waals surface area contributed by atoms with E-state index in [0.717, 1.165) is 23.1 Å². The Morgan fingerprint density at radius 3 is 0.976 bits per heavy atom. The van der Waals surface area contributed by atoms with Crippen molar-refractivity contribution < 1.29 is 91.6 Å². The third kappa shape index (κ3) is 43.3. The first-order valence-corrected chi connectivity index (χ1v) is 26.9. The third-order valence-electron chi connectivity index (χ3n) is 10.3. The van der Waals surface area contributed by atoms with E-state index in [9.17, 15) is 43.2 Å². The lowest BCUT2D eigenvalue weighted by Gasteiger charge is -2.22. The zero-order valence-electron chi connectivity index (χ0n) is 51.3. The number of carbonyl (C=O) groups excluding carboxylic acids is 7. The van der Waals surface area contributed by atoms with Crippen LogP contribution < -0.4 is 27.0 Å². The summed E-state index contributed by atoms with van der Waals surface area (Å²) in [6.07, 6.45) is 1.04. The van der Waals surface area contributed by atoms with Crippen molar-refractivity contribution in [3.05, 3.63) is 108 Å². The summed E-state index contributed by atoms with van der Waals surface area (Å²) in [5.74, 6) is -2.71. The molecule has 24 heteroatoms. The van der Waals surface area contributed by atoms with Crippen molar-refractivity contribution in [3.63, 3.8) is 0 Å². The van der Waals surface area contributed by atoms with Crippen LogP contribution in [-0.2, 0) is 81.2 Å². The van der Waals surface area contributed by atoms with Crippen LogP contribution in [-0.4, -0.2) is 177 Å². The highest BCUT2D eigenvalue weighted by Crippen LogP contribution is 2.11. The molecule has 3 rings (SSSR count). The smallest absolute Gasteiger partial charge is 0.408 e. The van der Waals surface area contributed by atoms with E-state index in [1.165, 1.54) is 28.3 Å². The number of nitrogens with two attached hydrogens (primary N) is 1. The SMILES string of the molecule is CC(C)(C)OC(=O)N[C@H](CO)C(=O)O.COC[C@@H](N)C(=O)CCc1ccccc1.COC[C@@H](NC(=O)OC(C)(C)C)C(=O)CCc1ccccc1.COC[C@@H](NC(=O)OC(C)(C)C)C(=O)O.COC[C@@H](NC(C)=O)C(=O)CCc1ccccc1. The largest absolute Gasteiger partial charge is 0.480 e. The normalized spacial score (nSPS) is 12.6. The van der Waals surface area contributed by atoms with Crippen LogP contribution in [0.2, 0.25) is 0 Å². The highest BCUT2D eigenvalue weighted by molar-refractivity contribution is 5.89. The average Bonchev–Trinajstić information content (AvgIpc) is 3.42. The number of carbonyl (C=O) groups is 9. The Kier molecular flexibility index (Phi) is 40.6. The number of nitrogens with one attached hydrogen (secondary N) is 4. The highest BCUT2D eigenvalue weighted by Gasteiger charge is 2.26. The number of Topliss-reactive ketones (excluding diaryl/α,β-unsaturated/α-hetero) is 3. The van der Waals surface area contributed by atoms with Gasteiger partial charge in [-0.1, -0.05) is 91.0 Å². The Morgan fingerprint density at radius 2 is 0.702 bits per heavy atom. The number of ether oxygens (including phenoxy) is 7. The zero-order chi connectivity index (χ0) is 64.5. The maximum atomic E-state index is 12.3. The number of hydrogen-bond acceptors (Lipinski definition) is 18. The van der Waals surface area contributed by atoms with E-state index in [4.69, 9.17) is 49.5 Å². The van der Waals surface area contributed by atoms with Gasteiger partial charge in [-0.2, -0.15) is 0 Å². The lowest BCUT2D eigenvalue weighted by atomic mass is 10.0. The summed E-state index contributed by atoms with van der Waals surface area (Å²) < 4.78 is 34.3. The van der Waals surface area contributed by atoms with E-state index in [2.05, 4.69) is 20.7 Å². The van der Waals surface area contributed by atoms with E-state index in [-0.39, 0.29) is 43.1 Å². The van der Waals surface area contributed by atoms with Gasteiger partial charge in [0.05, 0.1) is 39.1 Å². The summed E-state index contributed by atoms with van der Waals surface area (Å²) in [7, 11) is 5.91. The molecule has 0 saturated heterocycles. The van der Waals surface area contributed by atoms with Gasteiger partial charge in [0.25, 0.3) is 0 Å². The first kappa shape index (κ1) is 78.7. The highest BCUT2D eigenvalue weighted by atomic mass is 16.6. The van der Waals surface area contributed by atoms with E-state index < -0.39 is 83.8 Å². The number of aliphatic hydroxyl groups is 1. The summed E-state index contributed by atoms with van der Waals surface area (Å²) >= 11 is 0. The number of alkyl carbamates (subject to hydrolysis) is 3. The standard InChI is InChI=1S/C17H25NO4.C14H19NO3.C12H17NO2.C9H17NO5.C8H15NO5/c1-17(2,3)22-16(20)18-14(12-21-4)15(19)11-10-13-8-6-5-7-9-13;1-11(16)15-13(10-18-2)14(17)9-8-12-6-4-3-5-7-12;1-15-9-11(13)12(14)8-7-10-5-3-2-4-6-10;1-9(2,3)15-8(13)10-6(5-14-4)7(11)12;1-8(2,3)14-7(13)9-5(4-10)6(11)12/h5-9,14H,10-12H2,1-4H3,(H,18,20);3-7,13H,8-10H2,1-2H3,(H,15,16);2-6,11H,7-9,13H2,1H3;6H,5H2,1-4H3,(H,10,13)(H,11,12);5,10H,4H2,1-3H3,(H,9,13)(H,11,12)/t14-;13-;11-;6-;5-/m11111/s1. The molecule has 0 aliphatic heterocycles. The molecule has 4 amide bonds. The Labute approximate surface area is 494 Å². The molecular weight excluding hydrogens is 1090 g/mol. The number of benzene rings is 3. The second-order valence-electron chi connectivity index (χ2n) is 21.5. The van der Waals surface area contributed by atoms with Gasteiger partial charge in [-0.3, -0.25) is 19.2 Å². The molecule has 84 heavy (non-hydrogen) atoms. The number of ketones is 3. The number of carboxylic acid groups (broad SMARTS) is 2. The molecule has 0 radical (unpaired) electrons. The molecule has 9 N–H and O–H groups in total. The van der Waals surface area contributed by atoms with Crippen LogP contribution in [0.4, 0.5) is 14.4 Å². The van der Waals surface area contributed by atoms with Gasteiger partial charge in [-0.05, 0) is 98.3 Å². The second-order valence-corrected chi connectivity index (χ2v) is 21.5. The fraction of sp³-hybridized carbons (Fsp3) is 0.550. The fourth-order valence-electron chi connectivity index (χ4n) is 6.43. The molecule has 24 nitrogen and oxygen atoms in total. The lowest BCUT2D eigenvalue weighted by Crippen LogP contribution is -2.46. The van der Waals surface area contributed by atoms with Gasteiger partial charge >= 0.3 is 30.2 Å². The van der Waals surface area contributed by atoms with Gasteiger partial charge in [-0.25, -0.2) is 24.0 Å². The number of rotatable bonds is 27. The Hall–Kier alpha value is -7.35. The van der Waals surface area contributed by atoms with Crippen molar-refractivity contribution >= 4 is 53.5 Å². The number of aliphatic hydroxyl groups excluding tert-OH is 1. The Bertz CT molecular complexity index is 2380. The van der Waals surface area contributed by atoms with E-state index in [0.29, 0.717) is 38.7 Å². The monoisotopic (exact) mass is 1190 g/mol. The van der Waals surface area contributed by atoms with Crippen LogP contribution in [0.1, 0.15) is 105 Å². The van der Waals surface area contributed by atoms with E-state index in [1.807, 2.05) is 96.3 Å². The third-order valence-corrected chi connectivity index (χ3v) is 10.3. The van der Waals surface area contributed by atoms with Crippen LogP contribution >= 0.6 is 0 Å². The predicted molar refractivity (Wildman–Crippen MR) is 314 cm³/mol. The average molecular weight is 1190 g/mol.